The van der Waals surface area contributed by atoms with E-state index in [0.29, 0.717) is 17.3 Å². The van der Waals surface area contributed by atoms with E-state index in [-0.39, 0.29) is 5.56 Å². The van der Waals surface area contributed by atoms with E-state index >= 15 is 0 Å². The molecule has 0 spiro atoms. The summed E-state index contributed by atoms with van der Waals surface area (Å²) in [5, 5.41) is 0. The fourth-order valence-corrected chi connectivity index (χ4v) is 4.42. The summed E-state index contributed by atoms with van der Waals surface area (Å²) in [6.07, 6.45) is 0. The van der Waals surface area contributed by atoms with Crippen molar-refractivity contribution in [1.29, 1.82) is 0 Å². The summed E-state index contributed by atoms with van der Waals surface area (Å²) in [4.78, 5) is 19.0. The van der Waals surface area contributed by atoms with Crippen molar-refractivity contribution >= 4 is 28.9 Å². The Kier molecular flexibility index (Phi) is 5.72. The lowest BCUT2D eigenvalue weighted by Crippen LogP contribution is -2.09. The lowest BCUT2D eigenvalue weighted by molar-refractivity contribution is 0.354. The Bertz CT molecular complexity index is 698. The quantitative estimate of drug-likeness (QED) is 0.814. The van der Waals surface area contributed by atoms with E-state index in [1.807, 2.05) is 30.3 Å². The second-order valence-corrected chi connectivity index (χ2v) is 10.6. The van der Waals surface area contributed by atoms with E-state index in [1.54, 1.807) is 0 Å². The van der Waals surface area contributed by atoms with Crippen molar-refractivity contribution in [1.82, 2.24) is 9.97 Å². The summed E-state index contributed by atoms with van der Waals surface area (Å²) in [7, 11) is 3.05. The Hall–Kier alpha value is -0.980. The molecule has 5 nitrogen and oxygen atoms in total. The number of rotatable bonds is 6. The molecule has 0 atom stereocenters. The topological polar surface area (TPSA) is 64.2 Å². The number of nitrogens with one attached hydrogen (secondary N) is 1. The fourth-order valence-electron chi connectivity index (χ4n) is 1.64. The minimum absolute atomic E-state index is 0.192. The van der Waals surface area contributed by atoms with E-state index in [9.17, 15) is 4.79 Å². The van der Waals surface area contributed by atoms with E-state index in [2.05, 4.69) is 9.97 Å². The fraction of sp³-hybridized carbons (Fsp3) is 0.231. The molecule has 0 fully saturated rings. The predicted octanol–water partition coefficient (Wildman–Crippen LogP) is 3.19. The highest BCUT2D eigenvalue weighted by atomic mass is 32.9. The van der Waals surface area contributed by atoms with Crippen LogP contribution in [0.25, 0.3) is 11.4 Å². The first-order valence-corrected chi connectivity index (χ1v) is 10.3. The zero-order valence-electron chi connectivity index (χ0n) is 11.6. The molecule has 0 aliphatic heterocycles. The maximum absolute atomic E-state index is 11.8. The van der Waals surface area contributed by atoms with Gasteiger partial charge in [0.25, 0.3) is 5.56 Å². The SMILES string of the molecule is COP(=S)(OC)SCc1cc(=O)[nH]c(-c2ccccc2)n1. The maximum atomic E-state index is 11.8. The first-order valence-electron chi connectivity index (χ1n) is 6.08. The first kappa shape index (κ1) is 16.4. The highest BCUT2D eigenvalue weighted by molar-refractivity contribution is 8.67. The van der Waals surface area contributed by atoms with Gasteiger partial charge in [-0.3, -0.25) is 4.79 Å². The van der Waals surface area contributed by atoms with E-state index in [0.717, 1.165) is 5.56 Å². The van der Waals surface area contributed by atoms with Gasteiger partial charge in [0.15, 0.2) is 0 Å². The molecular formula is C13H15N2O3PS2. The highest BCUT2D eigenvalue weighted by Gasteiger charge is 2.17. The van der Waals surface area contributed by atoms with Crippen LogP contribution < -0.4 is 5.56 Å². The van der Waals surface area contributed by atoms with Crippen molar-refractivity contribution in [3.63, 3.8) is 0 Å². The Morgan fingerprint density at radius 1 is 1.29 bits per heavy atom. The van der Waals surface area contributed by atoms with Gasteiger partial charge in [-0.05, 0) is 11.8 Å². The smallest absolute Gasteiger partial charge is 0.251 e. The monoisotopic (exact) mass is 342 g/mol. The molecule has 8 heteroatoms. The Labute approximate surface area is 132 Å². The van der Waals surface area contributed by atoms with Gasteiger partial charge in [-0.2, -0.15) is 0 Å². The van der Waals surface area contributed by atoms with Crippen molar-refractivity contribution in [2.75, 3.05) is 14.2 Å². The molecule has 0 unspecified atom stereocenters. The van der Waals surface area contributed by atoms with Gasteiger partial charge in [0.2, 0.25) is 5.69 Å². The van der Waals surface area contributed by atoms with Crippen LogP contribution in [0.2, 0.25) is 0 Å². The van der Waals surface area contributed by atoms with Gasteiger partial charge in [-0.1, -0.05) is 41.7 Å². The van der Waals surface area contributed by atoms with Crippen molar-refractivity contribution in [2.45, 2.75) is 5.75 Å². The predicted molar refractivity (Wildman–Crippen MR) is 89.9 cm³/mol. The minimum atomic E-state index is -2.35. The molecule has 2 rings (SSSR count). The summed E-state index contributed by atoms with van der Waals surface area (Å²) in [5.74, 6) is 1.00. The number of nitrogens with zero attached hydrogens (tertiary/aromatic N) is 1. The number of H-pyrrole nitrogens is 1. The van der Waals surface area contributed by atoms with Crippen molar-refractivity contribution in [2.24, 2.45) is 0 Å². The lowest BCUT2D eigenvalue weighted by atomic mass is 10.2. The van der Waals surface area contributed by atoms with Crippen LogP contribution in [0.1, 0.15) is 5.69 Å². The molecule has 0 saturated heterocycles. The molecule has 1 heterocycles. The molecule has 1 aromatic heterocycles. The molecule has 2 aromatic rings. The summed E-state index contributed by atoms with van der Waals surface area (Å²) < 4.78 is 10.4. The normalized spacial score (nSPS) is 11.5. The second-order valence-electron chi connectivity index (χ2n) is 4.04. The van der Waals surface area contributed by atoms with Crippen LogP contribution in [0.15, 0.2) is 41.2 Å². The van der Waals surface area contributed by atoms with Crippen LogP contribution in [0.5, 0.6) is 0 Å². The molecule has 0 saturated carbocycles. The Morgan fingerprint density at radius 3 is 2.57 bits per heavy atom. The van der Waals surface area contributed by atoms with Gasteiger partial charge >= 0.3 is 0 Å². The zero-order valence-corrected chi connectivity index (χ0v) is 14.1. The molecule has 21 heavy (non-hydrogen) atoms. The molecule has 0 aliphatic rings. The molecule has 0 amide bonds. The molecule has 1 N–H and O–H groups in total. The number of benzene rings is 1. The standard InChI is InChI=1S/C13H15N2O3PS2/c1-17-19(20,18-2)21-9-11-8-12(16)15-13(14-11)10-6-4-3-5-7-10/h3-8H,9H2,1-2H3,(H,14,15,16). The van der Waals surface area contributed by atoms with Crippen LogP contribution in [0.4, 0.5) is 0 Å². The molecule has 0 aliphatic carbocycles. The molecule has 1 aromatic carbocycles. The van der Waals surface area contributed by atoms with Gasteiger partial charge in [0, 0.05) is 31.6 Å². The van der Waals surface area contributed by atoms with Crippen LogP contribution in [0.3, 0.4) is 0 Å². The van der Waals surface area contributed by atoms with Crippen LogP contribution in [0, 0.1) is 0 Å². The second kappa shape index (κ2) is 7.33. The lowest BCUT2D eigenvalue weighted by Gasteiger charge is -2.16. The molecule has 0 radical (unpaired) electrons. The van der Waals surface area contributed by atoms with Crippen molar-refractivity contribution in [3.8, 4) is 11.4 Å². The third kappa shape index (κ3) is 4.49. The van der Waals surface area contributed by atoms with Gasteiger partial charge in [0.1, 0.15) is 5.82 Å². The third-order valence-corrected chi connectivity index (χ3v) is 8.37. The van der Waals surface area contributed by atoms with E-state index in [4.69, 9.17) is 20.9 Å². The summed E-state index contributed by atoms with van der Waals surface area (Å²) in [6, 6.07) is 10.9. The first-order chi connectivity index (χ1) is 10.1. The van der Waals surface area contributed by atoms with Crippen LogP contribution in [-0.2, 0) is 26.6 Å². The number of aromatic amines is 1. The van der Waals surface area contributed by atoms with Gasteiger partial charge in [0.05, 0.1) is 5.69 Å². The van der Waals surface area contributed by atoms with E-state index < -0.39 is 5.69 Å². The number of hydrogen-bond acceptors (Lipinski definition) is 6. The Morgan fingerprint density at radius 2 is 1.95 bits per heavy atom. The number of hydrogen-bond donors (Lipinski definition) is 1. The Balaban J connectivity index is 2.24. The average Bonchev–Trinajstić information content (AvgIpc) is 2.53. The van der Waals surface area contributed by atoms with Gasteiger partial charge in [-0.15, -0.1) is 0 Å². The van der Waals surface area contributed by atoms with Crippen LogP contribution >= 0.6 is 17.1 Å². The van der Waals surface area contributed by atoms with Crippen LogP contribution in [-0.4, -0.2) is 24.2 Å². The molecule has 112 valence electrons. The highest BCUT2D eigenvalue weighted by Crippen LogP contribution is 2.60. The third-order valence-electron chi connectivity index (χ3n) is 2.66. The largest absolute Gasteiger partial charge is 0.325 e. The molecular weight excluding hydrogens is 327 g/mol. The number of aromatic nitrogens is 2. The van der Waals surface area contributed by atoms with Gasteiger partial charge < -0.3 is 14.0 Å². The molecule has 0 bridgehead atoms. The van der Waals surface area contributed by atoms with E-state index in [1.165, 1.54) is 31.7 Å². The maximum Gasteiger partial charge on any atom is 0.251 e. The summed E-state index contributed by atoms with van der Waals surface area (Å²) >= 11 is 6.63. The van der Waals surface area contributed by atoms with Crippen molar-refractivity contribution in [3.05, 3.63) is 52.4 Å². The summed E-state index contributed by atoms with van der Waals surface area (Å²) in [5.41, 5.74) is -1.04. The summed E-state index contributed by atoms with van der Waals surface area (Å²) in [6.45, 7) is 0. The minimum Gasteiger partial charge on any atom is -0.325 e. The zero-order chi connectivity index (χ0) is 15.3. The van der Waals surface area contributed by atoms with Crippen molar-refractivity contribution < 1.29 is 9.05 Å². The average molecular weight is 342 g/mol. The van der Waals surface area contributed by atoms with Gasteiger partial charge in [-0.25, -0.2) is 4.98 Å².